The van der Waals surface area contributed by atoms with Gasteiger partial charge in [0.25, 0.3) is 0 Å². The lowest BCUT2D eigenvalue weighted by molar-refractivity contribution is 0.141. The van der Waals surface area contributed by atoms with Crippen molar-refractivity contribution >= 4 is 11.3 Å². The summed E-state index contributed by atoms with van der Waals surface area (Å²) < 4.78 is 7.08. The zero-order valence-corrected chi connectivity index (χ0v) is 9.67. The largest absolute Gasteiger partial charge is 0.380 e. The lowest BCUT2D eigenvalue weighted by atomic mass is 10.4. The van der Waals surface area contributed by atoms with Gasteiger partial charge in [-0.2, -0.15) is 5.10 Å². The third-order valence-corrected chi connectivity index (χ3v) is 2.34. The normalized spacial score (nSPS) is 10.9. The lowest BCUT2D eigenvalue weighted by Crippen LogP contribution is -2.12. The van der Waals surface area contributed by atoms with Crippen LogP contribution in [0.15, 0.2) is 24.7 Å². The van der Waals surface area contributed by atoms with Gasteiger partial charge in [0.1, 0.15) is 5.52 Å². The van der Waals surface area contributed by atoms with Gasteiger partial charge in [-0.25, -0.2) is 9.50 Å². The van der Waals surface area contributed by atoms with E-state index >= 15 is 0 Å². The summed E-state index contributed by atoms with van der Waals surface area (Å²) in [6.45, 7) is 2.73. The molecule has 0 aliphatic carbocycles. The quantitative estimate of drug-likeness (QED) is 0.684. The van der Waals surface area contributed by atoms with Crippen molar-refractivity contribution in [2.75, 3.05) is 31.6 Å². The van der Waals surface area contributed by atoms with E-state index in [2.05, 4.69) is 15.4 Å². The summed E-state index contributed by atoms with van der Waals surface area (Å²) in [5.41, 5.74) is 6.31. The second-order valence-corrected chi connectivity index (χ2v) is 3.62. The van der Waals surface area contributed by atoms with Crippen LogP contribution in [0, 0.1) is 0 Å². The van der Waals surface area contributed by atoms with E-state index in [0.717, 1.165) is 24.3 Å². The molecule has 0 aliphatic heterocycles. The Kier molecular flexibility index (Phi) is 4.29. The first-order chi connectivity index (χ1) is 8.42. The number of hydrogen-bond donors (Lipinski definition) is 2. The van der Waals surface area contributed by atoms with Crippen molar-refractivity contribution in [2.45, 2.75) is 6.42 Å². The van der Waals surface area contributed by atoms with E-state index < -0.39 is 0 Å². The van der Waals surface area contributed by atoms with Crippen LogP contribution >= 0.6 is 0 Å². The van der Waals surface area contributed by atoms with Gasteiger partial charge < -0.3 is 15.8 Å². The predicted molar refractivity (Wildman–Crippen MR) is 66.0 cm³/mol. The zero-order chi connectivity index (χ0) is 11.9. The third-order valence-electron chi connectivity index (χ3n) is 2.34. The minimum atomic E-state index is 0.574. The minimum absolute atomic E-state index is 0.574. The van der Waals surface area contributed by atoms with Gasteiger partial charge >= 0.3 is 0 Å². The van der Waals surface area contributed by atoms with E-state index in [9.17, 15) is 0 Å². The molecule has 6 heteroatoms. The van der Waals surface area contributed by atoms with Crippen molar-refractivity contribution in [3.8, 4) is 0 Å². The van der Waals surface area contributed by atoms with Crippen LogP contribution in [0.2, 0.25) is 0 Å². The molecule has 0 aliphatic rings. The van der Waals surface area contributed by atoms with Gasteiger partial charge in [-0.05, 0) is 12.5 Å². The smallest absolute Gasteiger partial charge is 0.152 e. The molecule has 2 aromatic rings. The summed E-state index contributed by atoms with van der Waals surface area (Å²) >= 11 is 0. The molecule has 3 N–H and O–H groups in total. The molecule has 92 valence electrons. The Balaban J connectivity index is 1.80. The van der Waals surface area contributed by atoms with Crippen LogP contribution in [0.25, 0.3) is 5.52 Å². The summed E-state index contributed by atoms with van der Waals surface area (Å²) in [7, 11) is 0. The number of nitrogens with one attached hydrogen (secondary N) is 1. The molecule has 0 atom stereocenters. The van der Waals surface area contributed by atoms with Crippen molar-refractivity contribution in [3.05, 3.63) is 24.7 Å². The highest BCUT2D eigenvalue weighted by molar-refractivity contribution is 5.66. The van der Waals surface area contributed by atoms with E-state index in [1.165, 1.54) is 0 Å². The number of rotatable bonds is 7. The number of ether oxygens (including phenoxy) is 1. The van der Waals surface area contributed by atoms with Crippen LogP contribution in [0.1, 0.15) is 6.42 Å². The molecule has 0 fully saturated rings. The van der Waals surface area contributed by atoms with E-state index in [1.54, 1.807) is 16.9 Å². The average molecular weight is 235 g/mol. The Bertz CT molecular complexity index is 456. The van der Waals surface area contributed by atoms with Gasteiger partial charge in [0, 0.05) is 32.1 Å². The molecule has 17 heavy (non-hydrogen) atoms. The van der Waals surface area contributed by atoms with Crippen molar-refractivity contribution in [2.24, 2.45) is 5.73 Å². The lowest BCUT2D eigenvalue weighted by Gasteiger charge is -2.07. The summed E-state index contributed by atoms with van der Waals surface area (Å²) in [4.78, 5) is 4.28. The summed E-state index contributed by atoms with van der Waals surface area (Å²) in [5.74, 6) is 0.851. The maximum atomic E-state index is 5.32. The Hall–Kier alpha value is -1.66. The van der Waals surface area contributed by atoms with Gasteiger partial charge in [-0.3, -0.25) is 0 Å². The van der Waals surface area contributed by atoms with Crippen LogP contribution in [0.4, 0.5) is 5.82 Å². The number of nitrogens with zero attached hydrogens (tertiary/aromatic N) is 3. The van der Waals surface area contributed by atoms with Crippen molar-refractivity contribution in [1.29, 1.82) is 0 Å². The number of nitrogens with two attached hydrogens (primary N) is 1. The molecule has 0 amide bonds. The number of hydrogen-bond acceptors (Lipinski definition) is 5. The van der Waals surface area contributed by atoms with Gasteiger partial charge in [-0.1, -0.05) is 0 Å². The van der Waals surface area contributed by atoms with Crippen LogP contribution in [0.3, 0.4) is 0 Å². The zero-order valence-electron chi connectivity index (χ0n) is 9.67. The van der Waals surface area contributed by atoms with Crippen LogP contribution < -0.4 is 11.1 Å². The number of anilines is 1. The fourth-order valence-electron chi connectivity index (χ4n) is 1.56. The fraction of sp³-hybridized carbons (Fsp3) is 0.455. The molecule has 6 nitrogen and oxygen atoms in total. The molecule has 0 bridgehead atoms. The maximum Gasteiger partial charge on any atom is 0.152 e. The van der Waals surface area contributed by atoms with Crippen molar-refractivity contribution in [3.63, 3.8) is 0 Å². The Morgan fingerprint density at radius 2 is 2.29 bits per heavy atom. The van der Waals surface area contributed by atoms with Gasteiger partial charge in [-0.15, -0.1) is 0 Å². The van der Waals surface area contributed by atoms with Crippen molar-refractivity contribution < 1.29 is 4.74 Å². The van der Waals surface area contributed by atoms with Crippen LogP contribution in [-0.2, 0) is 4.74 Å². The van der Waals surface area contributed by atoms with Crippen LogP contribution in [-0.4, -0.2) is 40.9 Å². The Morgan fingerprint density at radius 3 is 3.18 bits per heavy atom. The van der Waals surface area contributed by atoms with Gasteiger partial charge in [0.2, 0.25) is 0 Å². The molecule has 2 rings (SSSR count). The molecule has 0 aromatic carbocycles. The first-order valence-electron chi connectivity index (χ1n) is 5.72. The molecule has 2 heterocycles. The average Bonchev–Trinajstić information content (AvgIpc) is 2.82. The second-order valence-electron chi connectivity index (χ2n) is 3.62. The topological polar surface area (TPSA) is 77.5 Å². The Morgan fingerprint density at radius 1 is 1.35 bits per heavy atom. The highest BCUT2D eigenvalue weighted by Gasteiger charge is 2.01. The molecule has 0 spiro atoms. The molecule has 2 aromatic heterocycles. The number of fused-ring (bicyclic) bond motifs is 1. The second kappa shape index (κ2) is 6.17. The summed E-state index contributed by atoms with van der Waals surface area (Å²) in [6.07, 6.45) is 6.24. The monoisotopic (exact) mass is 235 g/mol. The predicted octanol–water partition coefficient (Wildman–Crippen LogP) is 0.507. The highest BCUT2D eigenvalue weighted by Crippen LogP contribution is 2.11. The molecule has 0 radical (unpaired) electrons. The molecular formula is C11H17N5O. The fourth-order valence-corrected chi connectivity index (χ4v) is 1.56. The SMILES string of the molecule is NCCOCCCNc1nccn2nccc12. The molecule has 0 saturated carbocycles. The first-order valence-corrected chi connectivity index (χ1v) is 5.72. The van der Waals surface area contributed by atoms with E-state index in [0.29, 0.717) is 19.8 Å². The maximum absolute atomic E-state index is 5.32. The summed E-state index contributed by atoms with van der Waals surface area (Å²) in [6, 6.07) is 1.93. The van der Waals surface area contributed by atoms with E-state index in [1.807, 2.05) is 12.3 Å². The Labute approximate surface area is 99.8 Å². The summed E-state index contributed by atoms with van der Waals surface area (Å²) in [5, 5.41) is 7.41. The van der Waals surface area contributed by atoms with E-state index in [-0.39, 0.29) is 0 Å². The number of aromatic nitrogens is 3. The van der Waals surface area contributed by atoms with Gasteiger partial charge in [0.15, 0.2) is 5.82 Å². The molecule has 0 saturated heterocycles. The van der Waals surface area contributed by atoms with Gasteiger partial charge in [0.05, 0.1) is 12.8 Å². The van der Waals surface area contributed by atoms with Crippen molar-refractivity contribution in [1.82, 2.24) is 14.6 Å². The minimum Gasteiger partial charge on any atom is -0.380 e. The van der Waals surface area contributed by atoms with E-state index in [4.69, 9.17) is 10.5 Å². The first kappa shape index (κ1) is 11.8. The molecular weight excluding hydrogens is 218 g/mol. The highest BCUT2D eigenvalue weighted by atomic mass is 16.5. The molecule has 0 unspecified atom stereocenters. The standard InChI is InChI=1S/C11H17N5O/c12-3-9-17-8-1-4-13-11-10-2-5-15-16(10)7-6-14-11/h2,5-7H,1,3-4,8-9,12H2,(H,13,14). The third kappa shape index (κ3) is 3.15. The van der Waals surface area contributed by atoms with Crippen LogP contribution in [0.5, 0.6) is 0 Å².